The molecular weight excluding hydrogens is 428 g/mol. The molecule has 34 heavy (non-hydrogen) atoms. The van der Waals surface area contributed by atoms with Gasteiger partial charge in [-0.1, -0.05) is 55.3 Å². The van der Waals surface area contributed by atoms with Crippen molar-refractivity contribution in [2.75, 3.05) is 18.4 Å². The number of hydrogen-bond donors (Lipinski definition) is 2. The van der Waals surface area contributed by atoms with Crippen molar-refractivity contribution in [1.29, 1.82) is 0 Å². The molecule has 182 valence electrons. The maximum Gasteiger partial charge on any atom is 0.221 e. The Kier molecular flexibility index (Phi) is 8.51. The van der Waals surface area contributed by atoms with Gasteiger partial charge in [0, 0.05) is 43.7 Å². The molecule has 4 rings (SSSR count). The third-order valence-electron chi connectivity index (χ3n) is 6.74. The minimum atomic E-state index is -0.538. The van der Waals surface area contributed by atoms with Crippen LogP contribution in [0.1, 0.15) is 68.1 Å². The lowest BCUT2D eigenvalue weighted by atomic mass is 9.99. The lowest BCUT2D eigenvalue weighted by Gasteiger charge is -2.39. The molecule has 0 bridgehead atoms. The van der Waals surface area contributed by atoms with E-state index in [1.54, 1.807) is 0 Å². The summed E-state index contributed by atoms with van der Waals surface area (Å²) < 4.78 is 13.0. The highest BCUT2D eigenvalue weighted by Gasteiger charge is 2.34. The zero-order valence-electron chi connectivity index (χ0n) is 20.0. The van der Waals surface area contributed by atoms with E-state index in [1.165, 1.54) is 32.6 Å². The van der Waals surface area contributed by atoms with Gasteiger partial charge in [0.15, 0.2) is 6.29 Å². The average molecular weight is 465 g/mol. The van der Waals surface area contributed by atoms with Crippen LogP contribution in [0, 0.1) is 0 Å². The molecule has 1 heterocycles. The monoisotopic (exact) mass is 464 g/mol. The molecule has 0 aromatic heterocycles. The van der Waals surface area contributed by atoms with Crippen molar-refractivity contribution < 1.29 is 19.4 Å². The van der Waals surface area contributed by atoms with Crippen LogP contribution in [-0.2, 0) is 20.9 Å². The van der Waals surface area contributed by atoms with Gasteiger partial charge in [-0.05, 0) is 36.1 Å². The van der Waals surface area contributed by atoms with Crippen LogP contribution in [-0.4, -0.2) is 41.1 Å². The smallest absolute Gasteiger partial charge is 0.221 e. The molecule has 3 atom stereocenters. The third-order valence-corrected chi connectivity index (χ3v) is 6.74. The van der Waals surface area contributed by atoms with E-state index >= 15 is 0 Å². The number of benzene rings is 2. The predicted molar refractivity (Wildman–Crippen MR) is 133 cm³/mol. The number of aliphatic hydroxyl groups excluding tert-OH is 1. The summed E-state index contributed by atoms with van der Waals surface area (Å²) in [7, 11) is 0. The SMILES string of the molecule is C=CCN(CC1CC(c2ccc(CO)cc2)OC(c2cccc(NC(C)=O)c2)O1)C1CCCC1. The molecule has 2 aliphatic rings. The van der Waals surface area contributed by atoms with Gasteiger partial charge in [-0.3, -0.25) is 9.69 Å². The van der Waals surface area contributed by atoms with Crippen molar-refractivity contribution in [3.05, 3.63) is 77.9 Å². The minimum Gasteiger partial charge on any atom is -0.392 e. The molecule has 1 saturated heterocycles. The van der Waals surface area contributed by atoms with Crippen LogP contribution in [0.25, 0.3) is 0 Å². The van der Waals surface area contributed by atoms with E-state index in [0.29, 0.717) is 6.04 Å². The van der Waals surface area contributed by atoms with Gasteiger partial charge in [0.1, 0.15) is 0 Å². The van der Waals surface area contributed by atoms with E-state index in [9.17, 15) is 9.90 Å². The van der Waals surface area contributed by atoms with Gasteiger partial charge in [-0.25, -0.2) is 0 Å². The second-order valence-corrected chi connectivity index (χ2v) is 9.34. The highest BCUT2D eigenvalue weighted by molar-refractivity contribution is 5.88. The Morgan fingerprint density at radius 1 is 1.15 bits per heavy atom. The first-order chi connectivity index (χ1) is 16.6. The van der Waals surface area contributed by atoms with E-state index < -0.39 is 6.29 Å². The molecule has 6 nitrogen and oxygen atoms in total. The summed E-state index contributed by atoms with van der Waals surface area (Å²) in [5, 5.41) is 12.3. The fourth-order valence-corrected chi connectivity index (χ4v) is 5.07. The van der Waals surface area contributed by atoms with E-state index in [-0.39, 0.29) is 24.7 Å². The van der Waals surface area contributed by atoms with Crippen molar-refractivity contribution in [2.24, 2.45) is 0 Å². The van der Waals surface area contributed by atoms with Crippen molar-refractivity contribution >= 4 is 11.6 Å². The minimum absolute atomic E-state index is 0.00811. The van der Waals surface area contributed by atoms with Gasteiger partial charge >= 0.3 is 0 Å². The number of anilines is 1. The molecule has 2 N–H and O–H groups in total. The van der Waals surface area contributed by atoms with Crippen molar-refractivity contribution in [3.63, 3.8) is 0 Å². The second-order valence-electron chi connectivity index (χ2n) is 9.34. The van der Waals surface area contributed by atoms with Gasteiger partial charge in [-0.15, -0.1) is 6.58 Å². The van der Waals surface area contributed by atoms with E-state index in [1.807, 2.05) is 54.6 Å². The fraction of sp³-hybridized carbons (Fsp3) is 0.464. The molecule has 2 fully saturated rings. The lowest BCUT2D eigenvalue weighted by molar-refractivity contribution is -0.253. The number of carbonyl (C=O) groups is 1. The first kappa shape index (κ1) is 24.6. The lowest BCUT2D eigenvalue weighted by Crippen LogP contribution is -2.43. The van der Waals surface area contributed by atoms with Crippen LogP contribution in [0.3, 0.4) is 0 Å². The molecule has 1 aliphatic carbocycles. The fourth-order valence-electron chi connectivity index (χ4n) is 5.07. The number of nitrogens with one attached hydrogen (secondary N) is 1. The Hall–Kier alpha value is -2.51. The van der Waals surface area contributed by atoms with Gasteiger partial charge in [0.25, 0.3) is 0 Å². The molecule has 3 unspecified atom stereocenters. The van der Waals surface area contributed by atoms with Crippen LogP contribution in [0.5, 0.6) is 0 Å². The largest absolute Gasteiger partial charge is 0.392 e. The molecule has 2 aromatic rings. The van der Waals surface area contributed by atoms with Crippen molar-refractivity contribution in [1.82, 2.24) is 4.90 Å². The molecule has 1 amide bonds. The summed E-state index contributed by atoms with van der Waals surface area (Å²) >= 11 is 0. The topological polar surface area (TPSA) is 71.0 Å². The summed E-state index contributed by atoms with van der Waals surface area (Å²) in [5.74, 6) is -0.112. The van der Waals surface area contributed by atoms with Crippen LogP contribution >= 0.6 is 0 Å². The Morgan fingerprint density at radius 2 is 1.91 bits per heavy atom. The van der Waals surface area contributed by atoms with Gasteiger partial charge in [0.05, 0.1) is 18.8 Å². The van der Waals surface area contributed by atoms with Crippen molar-refractivity contribution in [3.8, 4) is 0 Å². The normalized spacial score (nSPS) is 23.2. The number of amides is 1. The second kappa shape index (κ2) is 11.8. The molecular formula is C28H36N2O4. The number of rotatable bonds is 9. The average Bonchev–Trinajstić information content (AvgIpc) is 3.38. The molecule has 1 aliphatic heterocycles. The molecule has 2 aromatic carbocycles. The Labute approximate surface area is 202 Å². The summed E-state index contributed by atoms with van der Waals surface area (Å²) in [6.45, 7) is 7.18. The molecule has 1 saturated carbocycles. The quantitative estimate of drug-likeness (QED) is 0.505. The summed E-state index contributed by atoms with van der Waals surface area (Å²) in [6.07, 6.45) is 7.08. The number of nitrogens with zero attached hydrogens (tertiary/aromatic N) is 1. The summed E-state index contributed by atoms with van der Waals surface area (Å²) in [6, 6.07) is 16.2. The van der Waals surface area contributed by atoms with Crippen LogP contribution in [0.15, 0.2) is 61.2 Å². The van der Waals surface area contributed by atoms with E-state index in [2.05, 4.69) is 16.8 Å². The highest BCUT2D eigenvalue weighted by atomic mass is 16.7. The number of hydrogen-bond acceptors (Lipinski definition) is 5. The van der Waals surface area contributed by atoms with Gasteiger partial charge in [-0.2, -0.15) is 0 Å². The van der Waals surface area contributed by atoms with Gasteiger partial charge in [0.2, 0.25) is 5.91 Å². The van der Waals surface area contributed by atoms with Crippen LogP contribution < -0.4 is 5.32 Å². The number of ether oxygens (including phenoxy) is 2. The highest BCUT2D eigenvalue weighted by Crippen LogP contribution is 2.39. The Morgan fingerprint density at radius 3 is 2.59 bits per heavy atom. The summed E-state index contributed by atoms with van der Waals surface area (Å²) in [5.41, 5.74) is 3.56. The number of carbonyl (C=O) groups excluding carboxylic acids is 1. The third kappa shape index (κ3) is 6.33. The Balaban J connectivity index is 1.57. The Bertz CT molecular complexity index is 955. The first-order valence-electron chi connectivity index (χ1n) is 12.3. The zero-order valence-corrected chi connectivity index (χ0v) is 20.0. The first-order valence-corrected chi connectivity index (χ1v) is 12.3. The van der Waals surface area contributed by atoms with Crippen LogP contribution in [0.4, 0.5) is 5.69 Å². The van der Waals surface area contributed by atoms with E-state index in [0.717, 1.165) is 41.9 Å². The molecule has 6 heteroatoms. The van der Waals surface area contributed by atoms with Gasteiger partial charge < -0.3 is 19.9 Å². The predicted octanol–water partition coefficient (Wildman–Crippen LogP) is 5.11. The standard InChI is InChI=1S/C28H36N2O4/c1-3-15-30(25-9-4-5-10-25)18-26-17-27(22-13-11-21(19-31)12-14-22)34-28(33-26)23-7-6-8-24(16-23)29-20(2)32/h3,6-8,11-14,16,25-28,31H,1,4-5,9-10,15,17-19H2,2H3,(H,29,32). The maximum atomic E-state index is 11.5. The number of aliphatic hydroxyl groups is 1. The zero-order chi connectivity index (χ0) is 23.9. The molecule has 0 radical (unpaired) electrons. The summed E-state index contributed by atoms with van der Waals surface area (Å²) in [4.78, 5) is 14.1. The van der Waals surface area contributed by atoms with E-state index in [4.69, 9.17) is 9.47 Å². The molecule has 0 spiro atoms. The van der Waals surface area contributed by atoms with Crippen LogP contribution in [0.2, 0.25) is 0 Å². The maximum absolute atomic E-state index is 11.5. The van der Waals surface area contributed by atoms with Crippen molar-refractivity contribution in [2.45, 2.75) is 70.2 Å².